The van der Waals surface area contributed by atoms with Crippen molar-refractivity contribution in [1.82, 2.24) is 10.6 Å². The van der Waals surface area contributed by atoms with Crippen molar-refractivity contribution in [3.63, 3.8) is 0 Å². The first-order valence-electron chi connectivity index (χ1n) is 18.5. The van der Waals surface area contributed by atoms with Gasteiger partial charge in [0.25, 0.3) is 0 Å². The van der Waals surface area contributed by atoms with Gasteiger partial charge in [0.2, 0.25) is 0 Å². The molecule has 4 unspecified atom stereocenters. The molecule has 4 rings (SSSR count). The van der Waals surface area contributed by atoms with Crippen LogP contribution in [0, 0.1) is 52.3 Å². The Kier molecular flexibility index (Phi) is 11.4. The third-order valence-corrected chi connectivity index (χ3v) is 13.1. The second kappa shape index (κ2) is 15.1. The Hall–Kier alpha value is -0.290. The highest BCUT2D eigenvalue weighted by Gasteiger charge is 2.62. The summed E-state index contributed by atoms with van der Waals surface area (Å²) in [4.78, 5) is 0. The lowest BCUT2D eigenvalue weighted by atomic mass is 9.43. The summed E-state index contributed by atoms with van der Waals surface area (Å²) in [5, 5.41) is 19.2. The molecule has 0 aromatic rings. The SMILES string of the molecule is [2H]C([2H])(C[C@@H](C)[C@H]1CCC2C3C(O)C[C@H]4C[C@@H](NCCCNCCCCN)CC[C@]4(C)C3CC[C@@]21C)[C@@H](OS(=O)(=O)O)C(C)C. The lowest BCUT2D eigenvalue weighted by molar-refractivity contribution is -0.167. The predicted molar refractivity (Wildman–Crippen MR) is 174 cm³/mol. The molecule has 0 radical (unpaired) electrons. The Bertz CT molecular complexity index is 1070. The maximum atomic E-state index is 11.8. The topological polar surface area (TPSA) is 134 Å². The fourth-order valence-corrected chi connectivity index (χ4v) is 10.9. The molecule has 0 amide bonds. The van der Waals surface area contributed by atoms with Crippen molar-refractivity contribution in [3.05, 3.63) is 0 Å². The molecule has 4 aliphatic carbocycles. The number of aliphatic hydroxyl groups excluding tert-OH is 1. The van der Waals surface area contributed by atoms with E-state index in [1.54, 1.807) is 13.8 Å². The molecule has 0 saturated heterocycles. The predicted octanol–water partition coefficient (Wildman–Crippen LogP) is 5.55. The third-order valence-electron chi connectivity index (χ3n) is 12.7. The van der Waals surface area contributed by atoms with E-state index in [-0.39, 0.29) is 29.3 Å². The molecule has 0 aromatic carbocycles. The third kappa shape index (κ3) is 8.36. The number of nitrogens with one attached hydrogen (secondary N) is 2. The van der Waals surface area contributed by atoms with Crippen LogP contribution in [0.4, 0.5) is 0 Å². The van der Waals surface area contributed by atoms with Crippen LogP contribution in [0.1, 0.15) is 121 Å². The first kappa shape index (κ1) is 32.6. The van der Waals surface area contributed by atoms with E-state index in [2.05, 4.69) is 31.4 Å². The summed E-state index contributed by atoms with van der Waals surface area (Å²) >= 11 is 0. The zero-order chi connectivity index (χ0) is 33.2. The van der Waals surface area contributed by atoms with Crippen molar-refractivity contribution in [3.8, 4) is 0 Å². The molecule has 6 N–H and O–H groups in total. The summed E-state index contributed by atoms with van der Waals surface area (Å²) in [5.74, 6) is 1.68. The van der Waals surface area contributed by atoms with E-state index in [9.17, 15) is 18.1 Å². The van der Waals surface area contributed by atoms with Gasteiger partial charge in [-0.3, -0.25) is 4.55 Å². The van der Waals surface area contributed by atoms with Gasteiger partial charge in [-0.2, -0.15) is 8.42 Å². The van der Waals surface area contributed by atoms with Crippen molar-refractivity contribution in [2.75, 3.05) is 26.2 Å². The normalized spacial score (nSPS) is 40.3. The summed E-state index contributed by atoms with van der Waals surface area (Å²) in [7, 11) is -4.76. The van der Waals surface area contributed by atoms with E-state index < -0.39 is 28.8 Å². The van der Waals surface area contributed by atoms with Gasteiger partial charge in [0, 0.05) is 8.78 Å². The van der Waals surface area contributed by atoms with Gasteiger partial charge in [0.05, 0.1) is 12.2 Å². The quantitative estimate of drug-likeness (QED) is 0.111. The molecule has 0 aliphatic heterocycles. The number of hydrogen-bond acceptors (Lipinski definition) is 7. The van der Waals surface area contributed by atoms with Gasteiger partial charge in [-0.1, -0.05) is 34.6 Å². The number of aliphatic hydroxyl groups is 1. The lowest BCUT2D eigenvalue weighted by Crippen LogP contribution is -2.59. The van der Waals surface area contributed by atoms with Crippen LogP contribution in [-0.2, 0) is 14.6 Å². The second-order valence-corrected chi connectivity index (χ2v) is 16.7. The van der Waals surface area contributed by atoms with Crippen LogP contribution in [0.2, 0.25) is 0 Å². The number of rotatable bonds is 16. The van der Waals surface area contributed by atoms with Gasteiger partial charge in [-0.25, -0.2) is 4.18 Å². The van der Waals surface area contributed by atoms with E-state index in [1.165, 1.54) is 12.8 Å². The Balaban J connectivity index is 1.36. The molecule has 4 saturated carbocycles. The van der Waals surface area contributed by atoms with Crippen molar-refractivity contribution >= 4 is 10.4 Å². The highest BCUT2D eigenvalue weighted by atomic mass is 32.3. The van der Waals surface area contributed by atoms with E-state index in [0.717, 1.165) is 84.0 Å². The summed E-state index contributed by atoms with van der Waals surface area (Å²) < 4.78 is 54.9. The Labute approximate surface area is 266 Å². The van der Waals surface area contributed by atoms with Gasteiger partial charge >= 0.3 is 10.4 Å². The molecule has 43 heavy (non-hydrogen) atoms. The minimum absolute atomic E-state index is 0.0181. The zero-order valence-corrected chi connectivity index (χ0v) is 28.5. The van der Waals surface area contributed by atoms with Crippen molar-refractivity contribution < 1.29 is 25.0 Å². The van der Waals surface area contributed by atoms with Crippen LogP contribution < -0.4 is 16.4 Å². The van der Waals surface area contributed by atoms with Gasteiger partial charge in [0.1, 0.15) is 0 Å². The molecule has 4 fully saturated rings. The minimum atomic E-state index is -4.76. The fraction of sp³-hybridized carbons (Fsp3) is 1.00. The fourth-order valence-electron chi connectivity index (χ4n) is 10.4. The number of hydrogen-bond donors (Lipinski definition) is 5. The maximum Gasteiger partial charge on any atom is 0.397 e. The van der Waals surface area contributed by atoms with Crippen molar-refractivity contribution in [2.45, 2.75) is 136 Å². The van der Waals surface area contributed by atoms with E-state index >= 15 is 0 Å². The van der Waals surface area contributed by atoms with Crippen LogP contribution in [0.3, 0.4) is 0 Å². The van der Waals surface area contributed by atoms with Crippen LogP contribution in [-0.4, -0.2) is 62.5 Å². The molecule has 0 spiro atoms. The van der Waals surface area contributed by atoms with Crippen LogP contribution in [0.25, 0.3) is 0 Å². The molecule has 4 aliphatic rings. The number of nitrogens with two attached hydrogens (primary N) is 1. The van der Waals surface area contributed by atoms with Crippen molar-refractivity contribution in [1.29, 1.82) is 0 Å². The largest absolute Gasteiger partial charge is 0.397 e. The van der Waals surface area contributed by atoms with Crippen molar-refractivity contribution in [2.24, 2.45) is 58.0 Å². The van der Waals surface area contributed by atoms with Gasteiger partial charge in [-0.05, 0) is 162 Å². The first-order chi connectivity index (χ1) is 21.0. The highest BCUT2D eigenvalue weighted by Crippen LogP contribution is 2.68. The molecule has 0 aromatic heterocycles. The molecular weight excluding hydrogens is 562 g/mol. The average Bonchev–Trinajstić information content (AvgIpc) is 3.30. The van der Waals surface area contributed by atoms with E-state index in [4.69, 9.17) is 12.7 Å². The molecule has 0 bridgehead atoms. The van der Waals surface area contributed by atoms with Crippen LogP contribution >= 0.6 is 0 Å². The molecular formula is C34H65N3O5S. The minimum Gasteiger partial charge on any atom is -0.393 e. The highest BCUT2D eigenvalue weighted by molar-refractivity contribution is 7.80. The second-order valence-electron chi connectivity index (χ2n) is 15.6. The summed E-state index contributed by atoms with van der Waals surface area (Å²) in [6, 6.07) is 0.532. The van der Waals surface area contributed by atoms with Crippen LogP contribution in [0.15, 0.2) is 0 Å². The molecule has 252 valence electrons. The van der Waals surface area contributed by atoms with E-state index in [1.807, 2.05) is 0 Å². The molecule has 9 heteroatoms. The maximum absolute atomic E-state index is 11.8. The first-order valence-corrected chi connectivity index (χ1v) is 18.9. The standard InChI is InChI=1S/C34H65N3O5S/c1-23(2)31(42-43(39,40)41)12-9-24(3)27-10-11-28-32-29(14-16-34(27,28)5)33(4)15-13-26(21-25(33)22-30(32)38)37-20-8-19-36-18-7-6-17-35/h23-32,36-38H,6-22,35H2,1-5H3,(H,39,40,41)/t24-,25-,26+,27-,28?,29?,30?,31-,32?,33+,34-/m1/s1/i12D2. The molecule has 8 nitrogen and oxygen atoms in total. The summed E-state index contributed by atoms with van der Waals surface area (Å²) in [6.07, 6.45) is 8.82. The summed E-state index contributed by atoms with van der Waals surface area (Å²) in [5.41, 5.74) is 5.86. The Morgan fingerprint density at radius 2 is 1.67 bits per heavy atom. The van der Waals surface area contributed by atoms with Gasteiger partial charge in [-0.15, -0.1) is 0 Å². The average molecular weight is 630 g/mol. The number of fused-ring (bicyclic) bond motifs is 5. The molecule has 0 heterocycles. The Morgan fingerprint density at radius 1 is 0.977 bits per heavy atom. The van der Waals surface area contributed by atoms with E-state index in [0.29, 0.717) is 35.6 Å². The number of unbranched alkanes of at least 4 members (excludes halogenated alkanes) is 1. The Morgan fingerprint density at radius 3 is 2.37 bits per heavy atom. The monoisotopic (exact) mass is 629 g/mol. The van der Waals surface area contributed by atoms with Crippen LogP contribution in [0.5, 0.6) is 0 Å². The van der Waals surface area contributed by atoms with Gasteiger partial charge < -0.3 is 21.5 Å². The lowest BCUT2D eigenvalue weighted by Gasteiger charge is -2.62. The zero-order valence-electron chi connectivity index (χ0n) is 29.7. The van der Waals surface area contributed by atoms with Gasteiger partial charge in [0.15, 0.2) is 0 Å². The molecule has 11 atom stereocenters. The smallest absolute Gasteiger partial charge is 0.393 e. The summed E-state index contributed by atoms with van der Waals surface area (Å²) in [6.45, 7) is 14.3.